The van der Waals surface area contributed by atoms with E-state index < -0.39 is 5.41 Å². The van der Waals surface area contributed by atoms with Gasteiger partial charge in [-0.2, -0.15) is 0 Å². The Labute approximate surface area is 166 Å². The van der Waals surface area contributed by atoms with Crippen molar-refractivity contribution in [3.05, 3.63) is 71.1 Å². The summed E-state index contributed by atoms with van der Waals surface area (Å²) in [7, 11) is 0. The Morgan fingerprint density at radius 2 is 1.86 bits per heavy atom. The number of carbonyl (C=O) groups excluding carboxylic acids is 1. The monoisotopic (exact) mass is 392 g/mol. The predicted octanol–water partition coefficient (Wildman–Crippen LogP) is 3.69. The van der Waals surface area contributed by atoms with Crippen molar-refractivity contribution in [2.75, 3.05) is 5.32 Å². The van der Waals surface area contributed by atoms with Gasteiger partial charge in [0.2, 0.25) is 11.0 Å². The Morgan fingerprint density at radius 3 is 2.57 bits per heavy atom. The van der Waals surface area contributed by atoms with Gasteiger partial charge in [0.15, 0.2) is 5.65 Å². The normalized spacial score (nSPS) is 12.8. The lowest BCUT2D eigenvalue weighted by Crippen LogP contribution is -2.37. The molecule has 0 saturated carbocycles. The second-order valence-electron chi connectivity index (χ2n) is 7.20. The molecular formula is C20H20N6OS. The topological polar surface area (TPSA) is 85.1 Å². The van der Waals surface area contributed by atoms with Gasteiger partial charge in [-0.3, -0.25) is 9.20 Å². The van der Waals surface area contributed by atoms with Crippen molar-refractivity contribution in [3.63, 3.8) is 0 Å². The number of fused-ring (bicyclic) bond motifs is 1. The summed E-state index contributed by atoms with van der Waals surface area (Å²) in [4.78, 5) is 13.2. The first-order valence-electron chi connectivity index (χ1n) is 8.90. The zero-order valence-electron chi connectivity index (χ0n) is 15.8. The minimum atomic E-state index is -0.747. The molecule has 3 heterocycles. The molecule has 0 fully saturated rings. The molecule has 1 aromatic carbocycles. The minimum Gasteiger partial charge on any atom is -0.300 e. The van der Waals surface area contributed by atoms with Crippen LogP contribution in [0.3, 0.4) is 0 Å². The molecule has 1 unspecified atom stereocenters. The number of aromatic nitrogens is 5. The molecule has 7 nitrogen and oxygen atoms in total. The molecule has 4 rings (SSSR count). The van der Waals surface area contributed by atoms with Crippen LogP contribution in [0.1, 0.15) is 36.7 Å². The molecule has 0 radical (unpaired) electrons. The van der Waals surface area contributed by atoms with Crippen molar-refractivity contribution in [1.29, 1.82) is 0 Å². The maximum atomic E-state index is 13.2. The van der Waals surface area contributed by atoms with Crippen LogP contribution in [0, 0.1) is 12.3 Å². The Morgan fingerprint density at radius 1 is 1.07 bits per heavy atom. The molecule has 0 bridgehead atoms. The molecule has 1 N–H and O–H groups in total. The lowest BCUT2D eigenvalue weighted by atomic mass is 9.71. The lowest BCUT2D eigenvalue weighted by molar-refractivity contribution is -0.124. The zero-order valence-corrected chi connectivity index (χ0v) is 16.6. The molecule has 1 amide bonds. The molecule has 0 aliphatic rings. The van der Waals surface area contributed by atoms with Crippen LogP contribution in [0.15, 0.2) is 54.2 Å². The third kappa shape index (κ3) is 3.27. The fourth-order valence-electron chi connectivity index (χ4n) is 3.48. The molecule has 8 heteroatoms. The van der Waals surface area contributed by atoms with E-state index in [0.717, 1.165) is 22.6 Å². The summed E-state index contributed by atoms with van der Waals surface area (Å²) in [6.45, 7) is 5.81. The van der Waals surface area contributed by atoms with E-state index in [0.29, 0.717) is 5.13 Å². The van der Waals surface area contributed by atoms with Gasteiger partial charge in [0, 0.05) is 12.1 Å². The van der Waals surface area contributed by atoms with Crippen LogP contribution < -0.4 is 5.32 Å². The summed E-state index contributed by atoms with van der Waals surface area (Å²) < 4.78 is 1.95. The first-order valence-corrected chi connectivity index (χ1v) is 9.78. The zero-order chi connectivity index (χ0) is 19.7. The highest BCUT2D eigenvalue weighted by Crippen LogP contribution is 2.42. The molecule has 4 aromatic rings. The molecule has 0 aliphatic carbocycles. The highest BCUT2D eigenvalue weighted by atomic mass is 32.1. The SMILES string of the molecule is Cc1nnc2ccc(C(c3ccccc3)C(C)(C)C(=O)Nc3nncs3)cn12. The smallest absolute Gasteiger partial charge is 0.232 e. The Balaban J connectivity index is 1.80. The van der Waals surface area contributed by atoms with Gasteiger partial charge < -0.3 is 5.32 Å². The van der Waals surface area contributed by atoms with Crippen molar-refractivity contribution in [2.45, 2.75) is 26.7 Å². The first-order chi connectivity index (χ1) is 13.5. The maximum absolute atomic E-state index is 13.2. The summed E-state index contributed by atoms with van der Waals surface area (Å²) in [5, 5.41) is 19.4. The van der Waals surface area contributed by atoms with Crippen LogP contribution in [-0.2, 0) is 4.79 Å². The molecular weight excluding hydrogens is 372 g/mol. The average Bonchev–Trinajstić information content (AvgIpc) is 3.33. The third-order valence-corrected chi connectivity index (χ3v) is 5.56. The van der Waals surface area contributed by atoms with E-state index >= 15 is 0 Å². The molecule has 3 aromatic heterocycles. The highest BCUT2D eigenvalue weighted by molar-refractivity contribution is 7.13. The van der Waals surface area contributed by atoms with E-state index in [1.54, 1.807) is 5.51 Å². The number of aryl methyl sites for hydroxylation is 1. The Hall–Kier alpha value is -3.13. The van der Waals surface area contributed by atoms with Crippen LogP contribution >= 0.6 is 11.3 Å². The predicted molar refractivity (Wildman–Crippen MR) is 108 cm³/mol. The van der Waals surface area contributed by atoms with Crippen LogP contribution in [0.4, 0.5) is 5.13 Å². The van der Waals surface area contributed by atoms with Crippen molar-refractivity contribution >= 4 is 28.0 Å². The second kappa shape index (κ2) is 7.12. The molecule has 1 atom stereocenters. The third-order valence-electron chi connectivity index (χ3n) is 4.95. The van der Waals surface area contributed by atoms with Crippen LogP contribution in [0.2, 0.25) is 0 Å². The minimum absolute atomic E-state index is 0.112. The van der Waals surface area contributed by atoms with Gasteiger partial charge in [0.1, 0.15) is 11.3 Å². The number of carbonyl (C=O) groups is 1. The summed E-state index contributed by atoms with van der Waals surface area (Å²) in [6.07, 6.45) is 2.02. The molecule has 0 aliphatic heterocycles. The fraction of sp³-hybridized carbons (Fsp3) is 0.250. The number of benzene rings is 1. The quantitative estimate of drug-likeness (QED) is 0.560. The van der Waals surface area contributed by atoms with Gasteiger partial charge >= 0.3 is 0 Å². The molecule has 28 heavy (non-hydrogen) atoms. The Bertz CT molecular complexity index is 1100. The summed E-state index contributed by atoms with van der Waals surface area (Å²) in [5.41, 5.74) is 3.70. The van der Waals surface area contributed by atoms with Crippen LogP contribution in [0.25, 0.3) is 5.65 Å². The van der Waals surface area contributed by atoms with Crippen LogP contribution in [-0.4, -0.2) is 30.7 Å². The van der Waals surface area contributed by atoms with E-state index in [-0.39, 0.29) is 11.8 Å². The van der Waals surface area contributed by atoms with Crippen molar-refractivity contribution in [1.82, 2.24) is 24.8 Å². The lowest BCUT2D eigenvalue weighted by Gasteiger charge is -2.33. The second-order valence-corrected chi connectivity index (χ2v) is 8.03. The maximum Gasteiger partial charge on any atom is 0.232 e. The van der Waals surface area contributed by atoms with E-state index in [2.05, 4.69) is 25.7 Å². The molecule has 142 valence electrons. The number of hydrogen-bond donors (Lipinski definition) is 1. The number of rotatable bonds is 5. The number of hydrogen-bond acceptors (Lipinski definition) is 6. The number of pyridine rings is 1. The largest absolute Gasteiger partial charge is 0.300 e. The van der Waals surface area contributed by atoms with E-state index in [9.17, 15) is 4.79 Å². The van der Waals surface area contributed by atoms with Crippen molar-refractivity contribution < 1.29 is 4.79 Å². The number of nitrogens with zero attached hydrogens (tertiary/aromatic N) is 5. The number of nitrogens with one attached hydrogen (secondary N) is 1. The van der Waals surface area contributed by atoms with Gasteiger partial charge in [-0.25, -0.2) is 0 Å². The van der Waals surface area contributed by atoms with Crippen molar-refractivity contribution in [3.8, 4) is 0 Å². The average molecular weight is 392 g/mol. The fourth-order valence-corrected chi connectivity index (χ4v) is 3.92. The van der Waals surface area contributed by atoms with Gasteiger partial charge in [0.05, 0.1) is 5.41 Å². The van der Waals surface area contributed by atoms with Gasteiger partial charge in [0.25, 0.3) is 0 Å². The van der Waals surface area contributed by atoms with Gasteiger partial charge in [-0.05, 0) is 24.1 Å². The number of anilines is 1. The van der Waals surface area contributed by atoms with E-state index in [4.69, 9.17) is 0 Å². The Kier molecular flexibility index (Phi) is 4.64. The highest BCUT2D eigenvalue weighted by Gasteiger charge is 2.39. The van der Waals surface area contributed by atoms with E-state index in [1.165, 1.54) is 11.3 Å². The first kappa shape index (κ1) is 18.2. The molecule has 0 spiro atoms. The summed E-state index contributed by atoms with van der Waals surface area (Å²) >= 11 is 1.30. The summed E-state index contributed by atoms with van der Waals surface area (Å²) in [6, 6.07) is 14.0. The van der Waals surface area contributed by atoms with Crippen LogP contribution in [0.5, 0.6) is 0 Å². The van der Waals surface area contributed by atoms with Gasteiger partial charge in [-0.15, -0.1) is 20.4 Å². The molecule has 0 saturated heterocycles. The standard InChI is InChI=1S/C20H20N6OS/c1-13-23-24-16-10-9-15(11-26(13)16)17(14-7-5-4-6-8-14)20(2,3)18(27)22-19-25-21-12-28-19/h4-12,17H,1-3H3,(H,22,25,27). The summed E-state index contributed by atoms with van der Waals surface area (Å²) in [5.74, 6) is 0.520. The van der Waals surface area contributed by atoms with E-state index in [1.807, 2.05) is 73.8 Å². The van der Waals surface area contributed by atoms with Crippen molar-refractivity contribution in [2.24, 2.45) is 5.41 Å². The van der Waals surface area contributed by atoms with Gasteiger partial charge in [-0.1, -0.05) is 61.6 Å². The number of amides is 1.